The first kappa shape index (κ1) is 24.0. The number of rotatable bonds is 6. The van der Waals surface area contributed by atoms with Crippen LogP contribution in [-0.2, 0) is 52.5 Å². The monoisotopic (exact) mass is 441 g/mol. The van der Waals surface area contributed by atoms with E-state index in [1.54, 1.807) is 0 Å². The Kier molecular flexibility index (Phi) is 7.50. The third-order valence-corrected chi connectivity index (χ3v) is 4.35. The minimum Gasteiger partial charge on any atom is -0.463 e. The molecule has 1 fully saturated rings. The molecular weight excluding hydrogens is 418 g/mol. The number of amides is 2. The van der Waals surface area contributed by atoms with Gasteiger partial charge in [-0.05, 0) is 6.92 Å². The van der Waals surface area contributed by atoms with Crippen LogP contribution in [0.2, 0.25) is 0 Å². The predicted octanol–water partition coefficient (Wildman–Crippen LogP) is -0.615. The van der Waals surface area contributed by atoms with Crippen LogP contribution in [0.25, 0.3) is 0 Å². The van der Waals surface area contributed by atoms with Crippen molar-refractivity contribution in [2.24, 2.45) is 0 Å². The van der Waals surface area contributed by atoms with Crippen molar-refractivity contribution >= 4 is 35.7 Å². The molecule has 0 aromatic rings. The maximum Gasteiger partial charge on any atom is 0.303 e. The lowest BCUT2D eigenvalue weighted by molar-refractivity contribution is -0.272. The average Bonchev–Trinajstić information content (AvgIpc) is 2.88. The SMILES string of the molecule is CC(=O)OC[C@H]1OC(N2C(=O)C=C(C)C2=O)[C@H](OC(C)=O)[C@@H](OC(C)=O)[C@@H]1OC(C)=O. The largest absolute Gasteiger partial charge is 0.463 e. The Hall–Kier alpha value is -3.28. The minimum atomic E-state index is -1.55. The van der Waals surface area contributed by atoms with Crippen LogP contribution in [0.15, 0.2) is 11.6 Å². The van der Waals surface area contributed by atoms with Crippen molar-refractivity contribution in [3.8, 4) is 0 Å². The van der Waals surface area contributed by atoms with E-state index >= 15 is 0 Å². The van der Waals surface area contributed by atoms with Crippen molar-refractivity contribution in [1.29, 1.82) is 0 Å². The quantitative estimate of drug-likeness (QED) is 0.295. The smallest absolute Gasteiger partial charge is 0.303 e. The molecule has 12 heteroatoms. The van der Waals surface area contributed by atoms with Gasteiger partial charge in [-0.15, -0.1) is 0 Å². The molecule has 12 nitrogen and oxygen atoms in total. The molecule has 0 aromatic carbocycles. The first-order valence-corrected chi connectivity index (χ1v) is 9.28. The topological polar surface area (TPSA) is 152 Å². The summed E-state index contributed by atoms with van der Waals surface area (Å²) in [5.74, 6) is -4.59. The van der Waals surface area contributed by atoms with Crippen LogP contribution in [0.4, 0.5) is 0 Å². The Balaban J connectivity index is 2.53. The summed E-state index contributed by atoms with van der Waals surface area (Å²) in [6, 6.07) is 0. The lowest BCUT2D eigenvalue weighted by Gasteiger charge is -2.46. The summed E-state index contributed by atoms with van der Waals surface area (Å²) in [5.41, 5.74) is 0.109. The minimum absolute atomic E-state index is 0.109. The van der Waals surface area contributed by atoms with E-state index in [9.17, 15) is 28.8 Å². The summed E-state index contributed by atoms with van der Waals surface area (Å²) in [5, 5.41) is 0. The van der Waals surface area contributed by atoms with Gasteiger partial charge in [-0.1, -0.05) is 0 Å². The molecule has 1 saturated heterocycles. The Bertz CT molecular complexity index is 833. The number of ether oxygens (including phenoxy) is 5. The van der Waals surface area contributed by atoms with Gasteiger partial charge in [-0.25, -0.2) is 4.90 Å². The van der Waals surface area contributed by atoms with E-state index in [-0.39, 0.29) is 5.57 Å². The first-order chi connectivity index (χ1) is 14.4. The summed E-state index contributed by atoms with van der Waals surface area (Å²) < 4.78 is 26.4. The Labute approximate surface area is 177 Å². The van der Waals surface area contributed by atoms with E-state index in [1.807, 2.05) is 0 Å². The molecular formula is C19H23NO11. The van der Waals surface area contributed by atoms with Crippen LogP contribution in [0, 0.1) is 0 Å². The number of nitrogens with zero attached hydrogens (tertiary/aromatic N) is 1. The molecule has 2 aliphatic rings. The molecule has 170 valence electrons. The third-order valence-electron chi connectivity index (χ3n) is 4.35. The lowest BCUT2D eigenvalue weighted by Crippen LogP contribution is -2.67. The number of imide groups is 1. The number of hydrogen-bond donors (Lipinski definition) is 0. The maximum atomic E-state index is 12.5. The van der Waals surface area contributed by atoms with Crippen LogP contribution >= 0.6 is 0 Å². The Morgan fingerprint density at radius 1 is 0.871 bits per heavy atom. The molecule has 1 unspecified atom stereocenters. The summed E-state index contributed by atoms with van der Waals surface area (Å²) in [4.78, 5) is 72.2. The van der Waals surface area contributed by atoms with E-state index < -0.39 is 72.9 Å². The van der Waals surface area contributed by atoms with Crippen molar-refractivity contribution in [3.05, 3.63) is 11.6 Å². The molecule has 2 aliphatic heterocycles. The zero-order valence-electron chi connectivity index (χ0n) is 17.6. The zero-order valence-corrected chi connectivity index (χ0v) is 17.6. The second kappa shape index (κ2) is 9.69. The highest BCUT2D eigenvalue weighted by Crippen LogP contribution is 2.33. The van der Waals surface area contributed by atoms with E-state index in [0.717, 1.165) is 33.8 Å². The van der Waals surface area contributed by atoms with Gasteiger partial charge < -0.3 is 23.7 Å². The molecule has 0 aliphatic carbocycles. The van der Waals surface area contributed by atoms with Crippen molar-refractivity contribution in [3.63, 3.8) is 0 Å². The van der Waals surface area contributed by atoms with Gasteiger partial charge in [0.25, 0.3) is 11.8 Å². The molecule has 0 radical (unpaired) electrons. The van der Waals surface area contributed by atoms with E-state index in [0.29, 0.717) is 4.90 Å². The Morgan fingerprint density at radius 3 is 1.84 bits per heavy atom. The number of carbonyl (C=O) groups is 6. The molecule has 5 atom stereocenters. The molecule has 0 N–H and O–H groups in total. The highest BCUT2D eigenvalue weighted by Gasteiger charge is 2.56. The fourth-order valence-electron chi connectivity index (χ4n) is 3.26. The van der Waals surface area contributed by atoms with Gasteiger partial charge in [-0.3, -0.25) is 28.8 Å². The predicted molar refractivity (Wildman–Crippen MR) is 97.6 cm³/mol. The van der Waals surface area contributed by atoms with Crippen LogP contribution in [-0.4, -0.2) is 77.8 Å². The second-order valence-electron chi connectivity index (χ2n) is 6.93. The van der Waals surface area contributed by atoms with Crippen molar-refractivity contribution < 1.29 is 52.5 Å². The van der Waals surface area contributed by atoms with E-state index in [1.165, 1.54) is 6.92 Å². The highest BCUT2D eigenvalue weighted by atomic mass is 16.7. The molecule has 31 heavy (non-hydrogen) atoms. The van der Waals surface area contributed by atoms with Gasteiger partial charge >= 0.3 is 23.9 Å². The molecule has 2 amide bonds. The van der Waals surface area contributed by atoms with Crippen LogP contribution in [0.3, 0.4) is 0 Å². The van der Waals surface area contributed by atoms with Crippen molar-refractivity contribution in [2.45, 2.75) is 65.3 Å². The van der Waals surface area contributed by atoms with Gasteiger partial charge in [0.15, 0.2) is 24.5 Å². The number of carbonyl (C=O) groups excluding carboxylic acids is 6. The van der Waals surface area contributed by atoms with Crippen molar-refractivity contribution in [1.82, 2.24) is 4.90 Å². The number of esters is 4. The Morgan fingerprint density at radius 2 is 1.39 bits per heavy atom. The molecule has 0 saturated carbocycles. The summed E-state index contributed by atoms with van der Waals surface area (Å²) in [7, 11) is 0. The molecule has 0 bridgehead atoms. The summed E-state index contributed by atoms with van der Waals surface area (Å²) in [6.07, 6.45) is -6.10. The van der Waals surface area contributed by atoms with Gasteiger partial charge in [0, 0.05) is 39.3 Å². The molecule has 0 aromatic heterocycles. The number of hydrogen-bond acceptors (Lipinski definition) is 11. The summed E-state index contributed by atoms with van der Waals surface area (Å²) >= 11 is 0. The zero-order chi connectivity index (χ0) is 23.5. The fourth-order valence-corrected chi connectivity index (χ4v) is 3.26. The standard InChI is InChI=1S/C19H23NO11/c1-8-6-14(25)20(18(8)26)19-17(30-12(5)24)16(29-11(4)23)15(28-10(3)22)13(31-19)7-27-9(2)21/h6,13,15-17,19H,7H2,1-5H3/t13-,15-,16+,17-,19?/m1/s1. The second-order valence-corrected chi connectivity index (χ2v) is 6.93. The average molecular weight is 441 g/mol. The van der Waals surface area contributed by atoms with Gasteiger partial charge in [-0.2, -0.15) is 0 Å². The molecule has 2 rings (SSSR count). The lowest BCUT2D eigenvalue weighted by atomic mass is 9.96. The van der Waals surface area contributed by atoms with Gasteiger partial charge in [0.2, 0.25) is 0 Å². The maximum absolute atomic E-state index is 12.5. The van der Waals surface area contributed by atoms with Crippen molar-refractivity contribution in [2.75, 3.05) is 6.61 Å². The first-order valence-electron chi connectivity index (χ1n) is 9.28. The van der Waals surface area contributed by atoms with Gasteiger partial charge in [0.05, 0.1) is 0 Å². The molecule has 2 heterocycles. The summed E-state index contributed by atoms with van der Waals surface area (Å²) in [6.45, 7) is 5.29. The fraction of sp³-hybridized carbons (Fsp3) is 0.579. The normalized spacial score (nSPS) is 28.0. The van der Waals surface area contributed by atoms with Crippen LogP contribution in [0.1, 0.15) is 34.6 Å². The van der Waals surface area contributed by atoms with E-state index in [4.69, 9.17) is 23.7 Å². The molecule has 0 spiro atoms. The van der Waals surface area contributed by atoms with E-state index in [2.05, 4.69) is 0 Å². The highest BCUT2D eigenvalue weighted by molar-refractivity contribution is 6.16. The van der Waals surface area contributed by atoms with Crippen LogP contribution < -0.4 is 0 Å². The third kappa shape index (κ3) is 5.66. The van der Waals surface area contributed by atoms with Crippen LogP contribution in [0.5, 0.6) is 0 Å². The van der Waals surface area contributed by atoms with Gasteiger partial charge in [0.1, 0.15) is 12.7 Å².